The first-order valence-electron chi connectivity index (χ1n) is 3.57. The van der Waals surface area contributed by atoms with E-state index in [0.717, 1.165) is 0 Å². The second-order valence-electron chi connectivity index (χ2n) is 2.55. The molecule has 66 valence electrons. The summed E-state index contributed by atoms with van der Waals surface area (Å²) in [5, 5.41) is 18.0. The molecule has 0 amide bonds. The van der Waals surface area contributed by atoms with Crippen molar-refractivity contribution in [2.75, 3.05) is 0 Å². The number of cyclic esters (lactones) is 1. The minimum absolute atomic E-state index is 0.272. The van der Waals surface area contributed by atoms with E-state index in [1.807, 2.05) is 0 Å². The zero-order chi connectivity index (χ0) is 9.14. The summed E-state index contributed by atoms with van der Waals surface area (Å²) >= 11 is 0. The molecule has 0 aromatic carbocycles. The Hall–Kier alpha value is -1.13. The predicted octanol–water partition coefficient (Wildman–Crippen LogP) is -0.275. The van der Waals surface area contributed by atoms with Crippen molar-refractivity contribution >= 4 is 5.97 Å². The monoisotopic (exact) mass is 170 g/mol. The van der Waals surface area contributed by atoms with Crippen LogP contribution in [0.15, 0.2) is 24.0 Å². The molecular formula is C8H10O4. The molecule has 2 N–H and O–H groups in total. The van der Waals surface area contributed by atoms with E-state index in [9.17, 15) is 4.79 Å². The van der Waals surface area contributed by atoms with Gasteiger partial charge >= 0.3 is 5.97 Å². The second kappa shape index (κ2) is 3.51. The fourth-order valence-electron chi connectivity index (χ4n) is 0.732. The van der Waals surface area contributed by atoms with Crippen LogP contribution in [0.2, 0.25) is 0 Å². The normalized spacial score (nSPS) is 24.2. The molecule has 1 aliphatic heterocycles. The maximum absolute atomic E-state index is 10.5. The van der Waals surface area contributed by atoms with Crippen LogP contribution in [-0.4, -0.2) is 28.4 Å². The van der Waals surface area contributed by atoms with E-state index in [2.05, 4.69) is 4.74 Å². The molecule has 4 nitrogen and oxygen atoms in total. The first-order chi connectivity index (χ1) is 5.59. The molecule has 4 heteroatoms. The van der Waals surface area contributed by atoms with Crippen molar-refractivity contribution in [2.45, 2.75) is 19.1 Å². The first kappa shape index (κ1) is 8.96. The van der Waals surface area contributed by atoms with Crippen LogP contribution in [0.25, 0.3) is 0 Å². The van der Waals surface area contributed by atoms with E-state index in [4.69, 9.17) is 10.2 Å². The summed E-state index contributed by atoms with van der Waals surface area (Å²) in [4.78, 5) is 10.5. The summed E-state index contributed by atoms with van der Waals surface area (Å²) < 4.78 is 4.62. The molecule has 0 aromatic rings. The molecule has 2 unspecified atom stereocenters. The molecule has 0 aromatic heterocycles. The molecular weight excluding hydrogens is 160 g/mol. The third kappa shape index (κ3) is 2.18. The van der Waals surface area contributed by atoms with Crippen molar-refractivity contribution in [3.63, 3.8) is 0 Å². The van der Waals surface area contributed by atoms with Gasteiger partial charge < -0.3 is 14.9 Å². The molecule has 0 aliphatic carbocycles. The van der Waals surface area contributed by atoms with Gasteiger partial charge in [0.2, 0.25) is 0 Å². The van der Waals surface area contributed by atoms with Crippen molar-refractivity contribution in [1.82, 2.24) is 0 Å². The molecule has 12 heavy (non-hydrogen) atoms. The first-order valence-corrected chi connectivity index (χ1v) is 3.57. The number of esters is 1. The lowest BCUT2D eigenvalue weighted by molar-refractivity contribution is -0.132. The van der Waals surface area contributed by atoms with E-state index in [0.29, 0.717) is 0 Å². The number of aliphatic hydroxyl groups excluding tert-OH is 2. The number of allylic oxidation sites excluding steroid dienone is 1. The van der Waals surface area contributed by atoms with E-state index < -0.39 is 18.2 Å². The fourth-order valence-corrected chi connectivity index (χ4v) is 0.732. The maximum atomic E-state index is 10.5. The summed E-state index contributed by atoms with van der Waals surface area (Å²) in [7, 11) is 0. The number of ether oxygens (including phenoxy) is 1. The largest absolute Gasteiger partial charge is 0.424 e. The Morgan fingerprint density at radius 3 is 2.58 bits per heavy atom. The van der Waals surface area contributed by atoms with Crippen LogP contribution < -0.4 is 0 Å². The number of aliphatic hydroxyl groups is 2. The smallest absolute Gasteiger partial charge is 0.336 e. The Morgan fingerprint density at radius 1 is 1.50 bits per heavy atom. The lowest BCUT2D eigenvalue weighted by Gasteiger charge is -2.08. The van der Waals surface area contributed by atoms with Gasteiger partial charge in [0.25, 0.3) is 0 Å². The molecule has 1 aliphatic rings. The van der Waals surface area contributed by atoms with Crippen molar-refractivity contribution in [1.29, 1.82) is 0 Å². The Morgan fingerprint density at radius 2 is 2.17 bits per heavy atom. The van der Waals surface area contributed by atoms with Crippen molar-refractivity contribution in [3.8, 4) is 0 Å². The summed E-state index contributed by atoms with van der Waals surface area (Å²) in [5.74, 6) is -0.188. The lowest BCUT2D eigenvalue weighted by Crippen LogP contribution is -2.20. The Bertz CT molecular complexity index is 239. The SMILES string of the molecule is CC(O)C(O)/C=C1\C=CC(=O)O1. The van der Waals surface area contributed by atoms with Gasteiger partial charge in [-0.05, 0) is 19.1 Å². The zero-order valence-electron chi connectivity index (χ0n) is 6.60. The van der Waals surface area contributed by atoms with Gasteiger partial charge in [-0.2, -0.15) is 0 Å². The Labute approximate surface area is 69.8 Å². The molecule has 2 atom stereocenters. The summed E-state index contributed by atoms with van der Waals surface area (Å²) in [5.41, 5.74) is 0. The summed E-state index contributed by atoms with van der Waals surface area (Å²) in [6, 6.07) is 0. The maximum Gasteiger partial charge on any atom is 0.336 e. The standard InChI is InChI=1S/C8H10O4/c1-5(9)7(10)4-6-2-3-8(11)12-6/h2-5,7,9-10H,1H3/b6-4+. The number of hydrogen-bond acceptors (Lipinski definition) is 4. The Balaban J connectivity index is 2.59. The van der Waals surface area contributed by atoms with Crippen LogP contribution >= 0.6 is 0 Å². The van der Waals surface area contributed by atoms with Crippen LogP contribution in [0.1, 0.15) is 6.92 Å². The van der Waals surface area contributed by atoms with Crippen LogP contribution in [0.5, 0.6) is 0 Å². The molecule has 0 fully saturated rings. The predicted molar refractivity (Wildman–Crippen MR) is 41.0 cm³/mol. The highest BCUT2D eigenvalue weighted by atomic mass is 16.5. The van der Waals surface area contributed by atoms with E-state index in [1.165, 1.54) is 25.2 Å². The van der Waals surface area contributed by atoms with Gasteiger partial charge in [-0.3, -0.25) is 0 Å². The zero-order valence-corrected chi connectivity index (χ0v) is 6.60. The van der Waals surface area contributed by atoms with Crippen LogP contribution in [-0.2, 0) is 9.53 Å². The van der Waals surface area contributed by atoms with Gasteiger partial charge in [0, 0.05) is 6.08 Å². The lowest BCUT2D eigenvalue weighted by atomic mass is 10.2. The average molecular weight is 170 g/mol. The average Bonchev–Trinajstić information content (AvgIpc) is 2.35. The molecule has 0 saturated heterocycles. The van der Waals surface area contributed by atoms with Crippen LogP contribution in [0, 0.1) is 0 Å². The third-order valence-electron chi connectivity index (χ3n) is 1.43. The quantitative estimate of drug-likeness (QED) is 0.559. The highest BCUT2D eigenvalue weighted by Gasteiger charge is 2.13. The molecule has 1 rings (SSSR count). The van der Waals surface area contributed by atoms with Crippen molar-refractivity contribution in [2.24, 2.45) is 0 Å². The third-order valence-corrected chi connectivity index (χ3v) is 1.43. The number of hydrogen-bond donors (Lipinski definition) is 2. The minimum atomic E-state index is -1.00. The molecule has 0 bridgehead atoms. The topological polar surface area (TPSA) is 66.8 Å². The number of carbonyl (C=O) groups is 1. The van der Waals surface area contributed by atoms with E-state index >= 15 is 0 Å². The highest BCUT2D eigenvalue weighted by molar-refractivity contribution is 5.86. The van der Waals surface area contributed by atoms with Gasteiger partial charge in [-0.25, -0.2) is 4.79 Å². The van der Waals surface area contributed by atoms with Gasteiger partial charge in [0.15, 0.2) is 0 Å². The molecule has 0 radical (unpaired) electrons. The Kier molecular flexibility index (Phi) is 2.62. The second-order valence-corrected chi connectivity index (χ2v) is 2.55. The number of carbonyl (C=O) groups excluding carboxylic acids is 1. The highest BCUT2D eigenvalue weighted by Crippen LogP contribution is 2.10. The van der Waals surface area contributed by atoms with Crippen LogP contribution in [0.3, 0.4) is 0 Å². The minimum Gasteiger partial charge on any atom is -0.424 e. The van der Waals surface area contributed by atoms with Gasteiger partial charge in [-0.15, -0.1) is 0 Å². The van der Waals surface area contributed by atoms with Gasteiger partial charge in [0.1, 0.15) is 11.9 Å². The summed E-state index contributed by atoms with van der Waals surface area (Å²) in [6.07, 6.45) is 2.10. The van der Waals surface area contributed by atoms with Gasteiger partial charge in [-0.1, -0.05) is 0 Å². The van der Waals surface area contributed by atoms with Crippen molar-refractivity contribution < 1.29 is 19.7 Å². The van der Waals surface area contributed by atoms with Crippen LogP contribution in [0.4, 0.5) is 0 Å². The fraction of sp³-hybridized carbons (Fsp3) is 0.375. The molecule has 1 heterocycles. The van der Waals surface area contributed by atoms with Crippen molar-refractivity contribution in [3.05, 3.63) is 24.0 Å². The summed E-state index contributed by atoms with van der Waals surface area (Å²) in [6.45, 7) is 1.45. The molecule has 0 spiro atoms. The van der Waals surface area contributed by atoms with E-state index in [1.54, 1.807) is 0 Å². The number of rotatable bonds is 2. The van der Waals surface area contributed by atoms with Gasteiger partial charge in [0.05, 0.1) is 6.10 Å². The van der Waals surface area contributed by atoms with E-state index in [-0.39, 0.29) is 5.76 Å². The molecule has 0 saturated carbocycles.